The van der Waals surface area contributed by atoms with Crippen LogP contribution in [0.25, 0.3) is 0 Å². The topological polar surface area (TPSA) is 30.5 Å². The average molecular weight is 430 g/mol. The van der Waals surface area contributed by atoms with Crippen LogP contribution in [-0.4, -0.2) is 19.8 Å². The van der Waals surface area contributed by atoms with E-state index in [1.165, 1.54) is 18.2 Å². The molecule has 1 heterocycles. The van der Waals surface area contributed by atoms with Crippen molar-refractivity contribution in [2.24, 2.45) is 0 Å². The Morgan fingerprint density at radius 3 is 2.46 bits per heavy atom. The number of hydrogen-bond donors (Lipinski definition) is 1. The minimum atomic E-state index is -2.89. The summed E-state index contributed by atoms with van der Waals surface area (Å²) < 4.78 is 49.5. The molecule has 0 aliphatic carbocycles. The number of nitrogens with one attached hydrogen (secondary N) is 1. The van der Waals surface area contributed by atoms with Gasteiger partial charge < -0.3 is 14.8 Å². The summed E-state index contributed by atoms with van der Waals surface area (Å²) in [5, 5.41) is 3.48. The summed E-state index contributed by atoms with van der Waals surface area (Å²) >= 11 is 3.36. The van der Waals surface area contributed by atoms with Crippen molar-refractivity contribution in [3.63, 3.8) is 0 Å². The summed E-state index contributed by atoms with van der Waals surface area (Å²) in [7, 11) is 0. The molecule has 1 aliphatic heterocycles. The lowest BCUT2D eigenvalue weighted by Gasteiger charge is -2.39. The summed E-state index contributed by atoms with van der Waals surface area (Å²) in [6, 6.07) is 11.3. The third-order valence-corrected chi connectivity index (χ3v) is 5.09. The van der Waals surface area contributed by atoms with Gasteiger partial charge in [-0.2, -0.15) is 8.78 Å². The Hall–Kier alpha value is -1.57. The molecule has 7 heteroatoms. The van der Waals surface area contributed by atoms with E-state index >= 15 is 0 Å². The minimum Gasteiger partial charge on any atom is -0.434 e. The van der Waals surface area contributed by atoms with E-state index in [4.69, 9.17) is 4.74 Å². The van der Waals surface area contributed by atoms with Gasteiger partial charge in [-0.3, -0.25) is 0 Å². The summed E-state index contributed by atoms with van der Waals surface area (Å²) in [4.78, 5) is 0. The van der Waals surface area contributed by atoms with E-state index < -0.39 is 12.2 Å². The summed E-state index contributed by atoms with van der Waals surface area (Å²) in [5.41, 5.74) is 1.16. The molecule has 140 valence electrons. The fourth-order valence-electron chi connectivity index (χ4n) is 3.22. The number of ether oxygens (including phenoxy) is 2. The molecule has 3 nitrogen and oxygen atoms in total. The van der Waals surface area contributed by atoms with Crippen LogP contribution in [0.5, 0.6) is 5.75 Å². The van der Waals surface area contributed by atoms with Gasteiger partial charge in [-0.05, 0) is 48.7 Å². The molecule has 1 N–H and O–H groups in total. The summed E-state index contributed by atoms with van der Waals surface area (Å²) in [6.45, 7) is -1.41. The molecule has 3 rings (SSSR count). The van der Waals surface area contributed by atoms with Crippen LogP contribution >= 0.6 is 15.9 Å². The smallest absolute Gasteiger partial charge is 0.387 e. The second kappa shape index (κ2) is 8.41. The van der Waals surface area contributed by atoms with E-state index in [9.17, 15) is 13.2 Å². The van der Waals surface area contributed by atoms with Crippen molar-refractivity contribution in [1.82, 2.24) is 5.32 Å². The molecule has 0 atom stereocenters. The van der Waals surface area contributed by atoms with E-state index in [0.29, 0.717) is 38.2 Å². The molecule has 0 bridgehead atoms. The zero-order chi connectivity index (χ0) is 18.6. The third-order valence-electron chi connectivity index (χ3n) is 4.60. The maximum atomic E-state index is 13.3. The number of rotatable bonds is 6. The van der Waals surface area contributed by atoms with Crippen molar-refractivity contribution in [3.05, 3.63) is 63.9 Å². The zero-order valence-corrected chi connectivity index (χ0v) is 15.6. The first kappa shape index (κ1) is 19.2. The monoisotopic (exact) mass is 429 g/mol. The van der Waals surface area contributed by atoms with Crippen LogP contribution in [0.2, 0.25) is 0 Å². The van der Waals surface area contributed by atoms with E-state index in [-0.39, 0.29) is 11.6 Å². The first-order valence-corrected chi connectivity index (χ1v) is 9.10. The Labute approximate surface area is 158 Å². The highest BCUT2D eigenvalue weighted by Gasteiger charge is 2.34. The molecule has 0 spiro atoms. The van der Waals surface area contributed by atoms with Gasteiger partial charge in [0.25, 0.3) is 0 Å². The van der Waals surface area contributed by atoms with Gasteiger partial charge in [0.15, 0.2) is 0 Å². The average Bonchev–Trinajstić information content (AvgIpc) is 2.63. The van der Waals surface area contributed by atoms with E-state index in [2.05, 4.69) is 26.0 Å². The molecule has 2 aromatic carbocycles. The van der Waals surface area contributed by atoms with Crippen molar-refractivity contribution < 1.29 is 22.6 Å². The van der Waals surface area contributed by atoms with Crippen LogP contribution in [-0.2, 0) is 16.8 Å². The van der Waals surface area contributed by atoms with Gasteiger partial charge in [0.2, 0.25) is 0 Å². The second-order valence-electron chi connectivity index (χ2n) is 6.19. The predicted octanol–water partition coefficient (Wildman–Crippen LogP) is 4.99. The van der Waals surface area contributed by atoms with Crippen LogP contribution < -0.4 is 10.1 Å². The van der Waals surface area contributed by atoms with Crippen LogP contribution in [0.4, 0.5) is 13.2 Å². The Morgan fingerprint density at radius 1 is 1.12 bits per heavy atom. The van der Waals surface area contributed by atoms with Crippen LogP contribution in [0.1, 0.15) is 24.0 Å². The largest absolute Gasteiger partial charge is 0.434 e. The summed E-state index contributed by atoms with van der Waals surface area (Å²) in [6.07, 6.45) is 1.41. The highest BCUT2D eigenvalue weighted by Crippen LogP contribution is 2.34. The first-order chi connectivity index (χ1) is 12.5. The second-order valence-corrected chi connectivity index (χ2v) is 7.10. The normalized spacial score (nSPS) is 16.7. The van der Waals surface area contributed by atoms with Gasteiger partial charge in [0.05, 0.1) is 0 Å². The Bertz CT molecular complexity index is 734. The molecule has 0 saturated carbocycles. The Balaban J connectivity index is 1.85. The van der Waals surface area contributed by atoms with Crippen molar-refractivity contribution in [2.75, 3.05) is 13.2 Å². The Kier molecular flexibility index (Phi) is 6.21. The van der Waals surface area contributed by atoms with Crippen molar-refractivity contribution in [3.8, 4) is 5.75 Å². The van der Waals surface area contributed by atoms with E-state index in [1.54, 1.807) is 24.3 Å². The molecule has 2 aromatic rings. The van der Waals surface area contributed by atoms with Gasteiger partial charge in [0.1, 0.15) is 11.6 Å². The highest BCUT2D eigenvalue weighted by molar-refractivity contribution is 9.10. The SMILES string of the molecule is Fc1ccc(C2(NCc3cc(Br)ccc3OC(F)F)CCOCC2)cc1. The van der Waals surface area contributed by atoms with Crippen LogP contribution in [0.15, 0.2) is 46.9 Å². The predicted molar refractivity (Wildman–Crippen MR) is 95.7 cm³/mol. The molecule has 26 heavy (non-hydrogen) atoms. The standard InChI is InChI=1S/C19H19BrF3NO2/c20-15-3-6-17(26-18(22)23)13(11-15)12-24-19(7-9-25-10-8-19)14-1-4-16(21)5-2-14/h1-6,11,18,24H,7-10,12H2. The van der Waals surface area contributed by atoms with Gasteiger partial charge in [-0.25, -0.2) is 4.39 Å². The molecule has 1 fully saturated rings. The number of hydrogen-bond acceptors (Lipinski definition) is 3. The maximum absolute atomic E-state index is 13.3. The molecule has 1 aliphatic rings. The number of alkyl halides is 2. The molecule has 0 unspecified atom stereocenters. The molecule has 0 radical (unpaired) electrons. The molecular weight excluding hydrogens is 411 g/mol. The molecular formula is C19H19BrF3NO2. The van der Waals surface area contributed by atoms with Crippen LogP contribution in [0.3, 0.4) is 0 Å². The third kappa shape index (κ3) is 4.58. The van der Waals surface area contributed by atoms with E-state index in [1.807, 2.05) is 0 Å². The zero-order valence-electron chi connectivity index (χ0n) is 14.0. The maximum Gasteiger partial charge on any atom is 0.387 e. The lowest BCUT2D eigenvalue weighted by atomic mass is 9.82. The number of halogens is 4. The lowest BCUT2D eigenvalue weighted by Crippen LogP contribution is -2.46. The fraction of sp³-hybridized carbons (Fsp3) is 0.368. The summed E-state index contributed by atoms with van der Waals surface area (Å²) in [5.74, 6) is -0.160. The fourth-order valence-corrected chi connectivity index (χ4v) is 3.63. The van der Waals surface area contributed by atoms with Crippen molar-refractivity contribution in [1.29, 1.82) is 0 Å². The van der Waals surface area contributed by atoms with Crippen molar-refractivity contribution >= 4 is 15.9 Å². The van der Waals surface area contributed by atoms with Gasteiger partial charge in [-0.1, -0.05) is 28.1 Å². The highest BCUT2D eigenvalue weighted by atomic mass is 79.9. The van der Waals surface area contributed by atoms with Crippen LogP contribution in [0, 0.1) is 5.82 Å². The van der Waals surface area contributed by atoms with E-state index in [0.717, 1.165) is 10.0 Å². The lowest BCUT2D eigenvalue weighted by molar-refractivity contribution is -0.0506. The van der Waals surface area contributed by atoms with Crippen molar-refractivity contribution in [2.45, 2.75) is 31.5 Å². The first-order valence-electron chi connectivity index (χ1n) is 8.31. The molecule has 0 amide bonds. The van der Waals surface area contributed by atoms with Gasteiger partial charge in [-0.15, -0.1) is 0 Å². The minimum absolute atomic E-state index is 0.136. The Morgan fingerprint density at radius 2 is 1.81 bits per heavy atom. The molecule has 1 saturated heterocycles. The van der Waals surface area contributed by atoms with Gasteiger partial charge in [0, 0.05) is 35.3 Å². The van der Waals surface area contributed by atoms with Gasteiger partial charge >= 0.3 is 6.61 Å². The molecule has 0 aromatic heterocycles. The number of benzene rings is 2. The quantitative estimate of drug-likeness (QED) is 0.701.